The molecule has 3 heteroatoms. The third kappa shape index (κ3) is 3.82. The molecule has 2 aromatic rings. The van der Waals surface area contributed by atoms with Gasteiger partial charge in [-0.25, -0.2) is 0 Å². The summed E-state index contributed by atoms with van der Waals surface area (Å²) in [6.07, 6.45) is 0. The van der Waals surface area contributed by atoms with Gasteiger partial charge in [-0.3, -0.25) is 0 Å². The number of hydrogen-bond donors (Lipinski definition) is 1. The fraction of sp³-hybridized carbons (Fsp3) is 0.250. The van der Waals surface area contributed by atoms with Crippen molar-refractivity contribution in [3.63, 3.8) is 0 Å². The van der Waals surface area contributed by atoms with Crippen LogP contribution in [0.25, 0.3) is 11.1 Å². The maximum atomic E-state index is 6.40. The van der Waals surface area contributed by atoms with Gasteiger partial charge >= 0.3 is 0 Å². The molecule has 0 amide bonds. The molecule has 0 bridgehead atoms. The first-order chi connectivity index (χ1) is 9.08. The average Bonchev–Trinajstić information content (AvgIpc) is 2.38. The van der Waals surface area contributed by atoms with Crippen LogP contribution in [-0.4, -0.2) is 6.04 Å². The lowest BCUT2D eigenvalue weighted by Gasteiger charge is -2.11. The molecule has 0 saturated heterocycles. The van der Waals surface area contributed by atoms with Crippen LogP contribution in [0.5, 0.6) is 0 Å². The van der Waals surface area contributed by atoms with E-state index in [0.29, 0.717) is 6.04 Å². The van der Waals surface area contributed by atoms with Crippen LogP contribution in [0.2, 0.25) is 5.02 Å². The Morgan fingerprint density at radius 1 is 1.11 bits per heavy atom. The third-order valence-corrected chi connectivity index (χ3v) is 3.92. The Morgan fingerprint density at radius 3 is 2.47 bits per heavy atom. The van der Waals surface area contributed by atoms with Crippen molar-refractivity contribution < 1.29 is 0 Å². The van der Waals surface area contributed by atoms with Crippen molar-refractivity contribution in [1.82, 2.24) is 5.32 Å². The number of hydrogen-bond acceptors (Lipinski definition) is 1. The normalized spacial score (nSPS) is 11.0. The molecule has 19 heavy (non-hydrogen) atoms. The standard InChI is InChI=1S/C16H17BrClN/c1-11(2)19-10-12-7-8-14(16(18)9-12)13-5-3-4-6-15(13)17/h3-9,11,19H,10H2,1-2H3. The van der Waals surface area contributed by atoms with E-state index < -0.39 is 0 Å². The third-order valence-electron chi connectivity index (χ3n) is 2.91. The summed E-state index contributed by atoms with van der Waals surface area (Å²) in [5.74, 6) is 0. The second kappa shape index (κ2) is 6.56. The summed E-state index contributed by atoms with van der Waals surface area (Å²) in [4.78, 5) is 0. The van der Waals surface area contributed by atoms with Crippen molar-refractivity contribution in [2.45, 2.75) is 26.4 Å². The molecule has 0 saturated carbocycles. The van der Waals surface area contributed by atoms with Gasteiger partial charge in [-0.05, 0) is 23.3 Å². The Labute approximate surface area is 128 Å². The first kappa shape index (κ1) is 14.6. The Hall–Kier alpha value is -0.830. The van der Waals surface area contributed by atoms with Crippen molar-refractivity contribution in [3.8, 4) is 11.1 Å². The van der Waals surface area contributed by atoms with Gasteiger partial charge in [0.2, 0.25) is 0 Å². The molecule has 0 aromatic heterocycles. The zero-order valence-corrected chi connectivity index (χ0v) is 13.4. The van der Waals surface area contributed by atoms with E-state index in [9.17, 15) is 0 Å². The molecule has 2 aromatic carbocycles. The number of halogens is 2. The Kier molecular flexibility index (Phi) is 5.03. The van der Waals surface area contributed by atoms with Gasteiger partial charge in [0.05, 0.1) is 0 Å². The molecule has 0 aliphatic carbocycles. The number of rotatable bonds is 4. The molecule has 0 heterocycles. The fourth-order valence-corrected chi connectivity index (χ4v) is 2.69. The Bertz CT molecular complexity index is 566. The van der Waals surface area contributed by atoms with E-state index in [-0.39, 0.29) is 0 Å². The quantitative estimate of drug-likeness (QED) is 0.801. The van der Waals surface area contributed by atoms with Gasteiger partial charge in [0.15, 0.2) is 0 Å². The van der Waals surface area contributed by atoms with Crippen LogP contribution in [0.3, 0.4) is 0 Å². The highest BCUT2D eigenvalue weighted by atomic mass is 79.9. The molecule has 0 fully saturated rings. The van der Waals surface area contributed by atoms with Crippen LogP contribution < -0.4 is 5.32 Å². The van der Waals surface area contributed by atoms with Gasteiger partial charge in [-0.15, -0.1) is 0 Å². The Morgan fingerprint density at radius 2 is 1.84 bits per heavy atom. The van der Waals surface area contributed by atoms with E-state index in [0.717, 1.165) is 27.2 Å². The van der Waals surface area contributed by atoms with E-state index in [4.69, 9.17) is 11.6 Å². The minimum absolute atomic E-state index is 0.474. The van der Waals surface area contributed by atoms with Crippen LogP contribution in [0, 0.1) is 0 Å². The highest BCUT2D eigenvalue weighted by molar-refractivity contribution is 9.10. The molecular weight excluding hydrogens is 322 g/mol. The lowest BCUT2D eigenvalue weighted by molar-refractivity contribution is 0.589. The fourth-order valence-electron chi connectivity index (χ4n) is 1.89. The lowest BCUT2D eigenvalue weighted by atomic mass is 10.0. The van der Waals surface area contributed by atoms with Gasteiger partial charge < -0.3 is 5.32 Å². The lowest BCUT2D eigenvalue weighted by Crippen LogP contribution is -2.21. The molecule has 0 atom stereocenters. The smallest absolute Gasteiger partial charge is 0.0488 e. The molecule has 0 aliphatic rings. The largest absolute Gasteiger partial charge is 0.310 e. The summed E-state index contributed by atoms with van der Waals surface area (Å²) in [7, 11) is 0. The van der Waals surface area contributed by atoms with Crippen LogP contribution >= 0.6 is 27.5 Å². The zero-order chi connectivity index (χ0) is 13.8. The van der Waals surface area contributed by atoms with E-state index in [1.165, 1.54) is 5.56 Å². The minimum Gasteiger partial charge on any atom is -0.310 e. The molecule has 1 N–H and O–H groups in total. The summed E-state index contributed by atoms with van der Waals surface area (Å²) >= 11 is 9.97. The number of nitrogens with one attached hydrogen (secondary N) is 1. The highest BCUT2D eigenvalue weighted by Crippen LogP contribution is 2.33. The second-order valence-corrected chi connectivity index (χ2v) is 6.09. The maximum Gasteiger partial charge on any atom is 0.0488 e. The van der Waals surface area contributed by atoms with Crippen molar-refractivity contribution in [1.29, 1.82) is 0 Å². The Balaban J connectivity index is 2.27. The molecule has 1 nitrogen and oxygen atoms in total. The molecule has 2 rings (SSSR count). The zero-order valence-electron chi connectivity index (χ0n) is 11.1. The monoisotopic (exact) mass is 337 g/mol. The van der Waals surface area contributed by atoms with Crippen LogP contribution in [-0.2, 0) is 6.54 Å². The predicted molar refractivity (Wildman–Crippen MR) is 86.6 cm³/mol. The van der Waals surface area contributed by atoms with E-state index in [2.05, 4.69) is 53.3 Å². The molecular formula is C16H17BrClN. The van der Waals surface area contributed by atoms with Crippen molar-refractivity contribution in [3.05, 3.63) is 57.5 Å². The molecule has 0 spiro atoms. The van der Waals surface area contributed by atoms with Crippen LogP contribution in [0.1, 0.15) is 19.4 Å². The average molecular weight is 339 g/mol. The van der Waals surface area contributed by atoms with Crippen molar-refractivity contribution in [2.75, 3.05) is 0 Å². The van der Waals surface area contributed by atoms with E-state index in [1.54, 1.807) is 0 Å². The SMILES string of the molecule is CC(C)NCc1ccc(-c2ccccc2Br)c(Cl)c1. The molecule has 0 aliphatic heterocycles. The van der Waals surface area contributed by atoms with Gasteiger partial charge in [0.1, 0.15) is 0 Å². The first-order valence-corrected chi connectivity index (χ1v) is 7.51. The second-order valence-electron chi connectivity index (χ2n) is 4.83. The van der Waals surface area contributed by atoms with Gasteiger partial charge in [0.25, 0.3) is 0 Å². The molecule has 100 valence electrons. The summed E-state index contributed by atoms with van der Waals surface area (Å²) in [5.41, 5.74) is 3.38. The van der Waals surface area contributed by atoms with Crippen molar-refractivity contribution in [2.24, 2.45) is 0 Å². The van der Waals surface area contributed by atoms with Crippen LogP contribution in [0.15, 0.2) is 46.9 Å². The van der Waals surface area contributed by atoms with E-state index >= 15 is 0 Å². The summed E-state index contributed by atoms with van der Waals surface area (Å²) in [6.45, 7) is 5.11. The summed E-state index contributed by atoms with van der Waals surface area (Å²) in [6, 6.07) is 14.8. The molecule has 0 unspecified atom stereocenters. The summed E-state index contributed by atoms with van der Waals surface area (Å²) in [5, 5.41) is 4.18. The van der Waals surface area contributed by atoms with Gasteiger partial charge in [0, 0.05) is 27.6 Å². The molecule has 0 radical (unpaired) electrons. The van der Waals surface area contributed by atoms with Gasteiger partial charge in [-0.2, -0.15) is 0 Å². The van der Waals surface area contributed by atoms with Crippen molar-refractivity contribution >= 4 is 27.5 Å². The van der Waals surface area contributed by atoms with Gasteiger partial charge in [-0.1, -0.05) is 71.7 Å². The predicted octanol–water partition coefficient (Wildman–Crippen LogP) is 5.27. The minimum atomic E-state index is 0.474. The highest BCUT2D eigenvalue weighted by Gasteiger charge is 2.07. The summed E-state index contributed by atoms with van der Waals surface area (Å²) < 4.78 is 1.06. The number of benzene rings is 2. The van der Waals surface area contributed by atoms with Crippen LogP contribution in [0.4, 0.5) is 0 Å². The van der Waals surface area contributed by atoms with E-state index in [1.807, 2.05) is 24.3 Å². The maximum absolute atomic E-state index is 6.40. The first-order valence-electron chi connectivity index (χ1n) is 6.34. The topological polar surface area (TPSA) is 12.0 Å².